The van der Waals surface area contributed by atoms with Crippen molar-refractivity contribution >= 4 is 0 Å². The van der Waals surface area contributed by atoms with E-state index in [1.807, 2.05) is 0 Å². The highest BCUT2D eigenvalue weighted by molar-refractivity contribution is 5.26. The van der Waals surface area contributed by atoms with Crippen molar-refractivity contribution in [1.82, 2.24) is 0 Å². The normalized spacial score (nSPS) is 61.1. The predicted octanol–water partition coefficient (Wildman–Crippen LogP) is 3.30. The van der Waals surface area contributed by atoms with Gasteiger partial charge in [-0.2, -0.15) is 0 Å². The van der Waals surface area contributed by atoms with Gasteiger partial charge >= 0.3 is 0 Å². The Labute approximate surface area is 140 Å². The summed E-state index contributed by atoms with van der Waals surface area (Å²) in [6.45, 7) is 11.0. The van der Waals surface area contributed by atoms with E-state index in [1.54, 1.807) is 0 Å². The maximum Gasteiger partial charge on any atom is 0.114 e. The van der Waals surface area contributed by atoms with Crippen LogP contribution >= 0.6 is 0 Å². The third-order valence-corrected chi connectivity index (χ3v) is 8.27. The quantitative estimate of drug-likeness (QED) is 0.606. The van der Waals surface area contributed by atoms with Crippen LogP contribution in [0.4, 0.5) is 0 Å². The topological polar surface area (TPSA) is 53.0 Å². The van der Waals surface area contributed by atoms with Gasteiger partial charge in [-0.1, -0.05) is 33.3 Å². The fourth-order valence-electron chi connectivity index (χ4n) is 7.13. The number of fused-ring (bicyclic) bond motifs is 2. The van der Waals surface area contributed by atoms with Crippen LogP contribution in [-0.4, -0.2) is 34.6 Å². The average Bonchev–Trinajstić information content (AvgIpc) is 3.20. The molecule has 2 N–H and O–H groups in total. The number of hydrogen-bond donors (Lipinski definition) is 2. The Hall–Kier alpha value is -0.380. The average molecular weight is 320 g/mol. The zero-order chi connectivity index (χ0) is 16.7. The summed E-state index contributed by atoms with van der Waals surface area (Å²) in [5.41, 5.74) is -0.114. The highest BCUT2D eigenvalue weighted by Gasteiger charge is 2.77. The number of epoxide rings is 1. The fourth-order valence-corrected chi connectivity index (χ4v) is 7.13. The molecule has 0 radical (unpaired) electrons. The van der Waals surface area contributed by atoms with Gasteiger partial charge in [-0.3, -0.25) is 0 Å². The van der Waals surface area contributed by atoms with Gasteiger partial charge in [0.05, 0.1) is 6.10 Å². The van der Waals surface area contributed by atoms with Crippen molar-refractivity contribution in [1.29, 1.82) is 0 Å². The Morgan fingerprint density at radius 2 is 1.96 bits per heavy atom. The molecule has 0 aromatic carbocycles. The highest BCUT2D eigenvalue weighted by atomic mass is 16.6. The molecule has 3 saturated carbocycles. The maximum absolute atomic E-state index is 11.2. The van der Waals surface area contributed by atoms with E-state index in [1.165, 1.54) is 0 Å². The minimum absolute atomic E-state index is 0.0332. The Balaban J connectivity index is 1.75. The second-order valence-corrected chi connectivity index (χ2v) is 9.76. The third-order valence-electron chi connectivity index (χ3n) is 8.27. The van der Waals surface area contributed by atoms with E-state index in [9.17, 15) is 10.2 Å². The Morgan fingerprint density at radius 3 is 2.61 bits per heavy atom. The molecule has 3 aliphatic carbocycles. The molecule has 8 atom stereocenters. The van der Waals surface area contributed by atoms with Crippen LogP contribution in [-0.2, 0) is 4.74 Å². The molecule has 4 rings (SSSR count). The van der Waals surface area contributed by atoms with Gasteiger partial charge in [-0.05, 0) is 54.3 Å². The van der Waals surface area contributed by atoms with Crippen LogP contribution in [0.25, 0.3) is 0 Å². The standard InChI is InChI=1S/C20H32O3/c1-5-17(2)10-7-13-19(4)9-6-8-18(3,12-21)15(19)14(22)16-20(13,11-17)23-16/h5,13-16,21-22H,1,6-12H2,2-4H3. The summed E-state index contributed by atoms with van der Waals surface area (Å²) >= 11 is 0. The van der Waals surface area contributed by atoms with Crippen molar-refractivity contribution < 1.29 is 14.9 Å². The van der Waals surface area contributed by atoms with Crippen molar-refractivity contribution in [3.63, 3.8) is 0 Å². The van der Waals surface area contributed by atoms with Crippen molar-refractivity contribution in [3.8, 4) is 0 Å². The highest BCUT2D eigenvalue weighted by Crippen LogP contribution is 2.72. The summed E-state index contributed by atoms with van der Waals surface area (Å²) in [6, 6.07) is 0. The Morgan fingerprint density at radius 1 is 1.22 bits per heavy atom. The first-order valence-corrected chi connectivity index (χ1v) is 9.35. The monoisotopic (exact) mass is 320 g/mol. The molecule has 130 valence electrons. The number of aliphatic hydroxyl groups excluding tert-OH is 2. The maximum atomic E-state index is 11.2. The summed E-state index contributed by atoms with van der Waals surface area (Å²) in [5, 5.41) is 21.2. The summed E-state index contributed by atoms with van der Waals surface area (Å²) in [7, 11) is 0. The van der Waals surface area contributed by atoms with Crippen LogP contribution in [0.3, 0.4) is 0 Å². The second-order valence-electron chi connectivity index (χ2n) is 9.76. The van der Waals surface area contributed by atoms with E-state index < -0.39 is 6.10 Å². The molecule has 0 aromatic rings. The number of allylic oxidation sites excluding steroid dienone is 1. The molecule has 4 fully saturated rings. The van der Waals surface area contributed by atoms with Crippen molar-refractivity contribution in [2.45, 2.75) is 77.1 Å². The van der Waals surface area contributed by atoms with E-state index >= 15 is 0 Å². The summed E-state index contributed by atoms with van der Waals surface area (Å²) < 4.78 is 6.29. The lowest BCUT2D eigenvalue weighted by Crippen LogP contribution is -2.64. The summed E-state index contributed by atoms with van der Waals surface area (Å²) in [6.07, 6.45) is 8.23. The van der Waals surface area contributed by atoms with Crippen molar-refractivity contribution in [2.75, 3.05) is 6.61 Å². The Kier molecular flexibility index (Phi) is 3.23. The first-order chi connectivity index (χ1) is 10.7. The first kappa shape index (κ1) is 16.1. The smallest absolute Gasteiger partial charge is 0.114 e. The molecule has 0 bridgehead atoms. The molecule has 1 spiro atoms. The van der Waals surface area contributed by atoms with Gasteiger partial charge in [0.15, 0.2) is 0 Å². The lowest BCUT2D eigenvalue weighted by Gasteiger charge is -2.61. The van der Waals surface area contributed by atoms with Crippen LogP contribution in [0.15, 0.2) is 12.7 Å². The summed E-state index contributed by atoms with van der Waals surface area (Å²) in [5.74, 6) is 0.653. The van der Waals surface area contributed by atoms with Crippen LogP contribution in [0.2, 0.25) is 0 Å². The third kappa shape index (κ3) is 1.88. The van der Waals surface area contributed by atoms with Crippen LogP contribution in [0.1, 0.15) is 59.3 Å². The summed E-state index contributed by atoms with van der Waals surface area (Å²) in [4.78, 5) is 0. The lowest BCUT2D eigenvalue weighted by atomic mass is 9.42. The van der Waals surface area contributed by atoms with Gasteiger partial charge in [0.25, 0.3) is 0 Å². The molecular weight excluding hydrogens is 288 g/mol. The molecule has 8 unspecified atom stereocenters. The van der Waals surface area contributed by atoms with Gasteiger partial charge in [0, 0.05) is 12.5 Å². The minimum Gasteiger partial charge on any atom is -0.396 e. The number of hydrogen-bond acceptors (Lipinski definition) is 3. The Bertz CT molecular complexity index is 533. The zero-order valence-electron chi connectivity index (χ0n) is 14.8. The molecule has 3 nitrogen and oxygen atoms in total. The molecule has 1 heterocycles. The van der Waals surface area contributed by atoms with Gasteiger partial charge in [0.1, 0.15) is 11.7 Å². The van der Waals surface area contributed by atoms with Crippen LogP contribution in [0.5, 0.6) is 0 Å². The SMILES string of the molecule is C=CC1(C)CCC2C3(C)CCCC(C)(CO)C3C(O)C3OC32C1. The lowest BCUT2D eigenvalue weighted by molar-refractivity contribution is -0.167. The predicted molar refractivity (Wildman–Crippen MR) is 89.9 cm³/mol. The number of ether oxygens (including phenoxy) is 1. The van der Waals surface area contributed by atoms with E-state index in [-0.39, 0.29) is 40.5 Å². The molecule has 0 aromatic heterocycles. The van der Waals surface area contributed by atoms with Gasteiger partial charge < -0.3 is 14.9 Å². The molecule has 3 heteroatoms. The van der Waals surface area contributed by atoms with E-state index in [4.69, 9.17) is 4.74 Å². The van der Waals surface area contributed by atoms with E-state index in [0.29, 0.717) is 5.92 Å². The number of rotatable bonds is 2. The van der Waals surface area contributed by atoms with Crippen molar-refractivity contribution in [2.24, 2.45) is 28.1 Å². The largest absolute Gasteiger partial charge is 0.396 e. The molecule has 1 saturated heterocycles. The molecule has 1 aliphatic heterocycles. The molecular formula is C20H32O3. The first-order valence-electron chi connectivity index (χ1n) is 9.35. The second kappa shape index (κ2) is 4.62. The molecule has 23 heavy (non-hydrogen) atoms. The van der Waals surface area contributed by atoms with Gasteiger partial charge in [-0.15, -0.1) is 6.58 Å². The minimum atomic E-state index is -0.444. The fraction of sp³-hybridized carbons (Fsp3) is 0.900. The van der Waals surface area contributed by atoms with Crippen LogP contribution in [0, 0.1) is 28.1 Å². The van der Waals surface area contributed by atoms with E-state index in [0.717, 1.165) is 38.5 Å². The van der Waals surface area contributed by atoms with Gasteiger partial charge in [0.2, 0.25) is 0 Å². The van der Waals surface area contributed by atoms with Crippen LogP contribution < -0.4 is 0 Å². The molecule has 0 amide bonds. The molecule has 4 aliphatic rings. The van der Waals surface area contributed by atoms with E-state index in [2.05, 4.69) is 33.4 Å². The van der Waals surface area contributed by atoms with Gasteiger partial charge in [-0.25, -0.2) is 0 Å². The van der Waals surface area contributed by atoms with Crippen molar-refractivity contribution in [3.05, 3.63) is 12.7 Å². The zero-order valence-corrected chi connectivity index (χ0v) is 14.8. The number of aliphatic hydroxyl groups is 2.